The highest BCUT2D eigenvalue weighted by atomic mass is 32.1. The third-order valence-corrected chi connectivity index (χ3v) is 4.48. The van der Waals surface area contributed by atoms with Crippen molar-refractivity contribution in [1.82, 2.24) is 19.4 Å². The molecule has 0 aromatic carbocycles. The minimum Gasteiger partial charge on any atom is -0.378 e. The molecule has 1 aliphatic rings. The number of nitrogens with zero attached hydrogens (tertiary/aromatic N) is 4. The van der Waals surface area contributed by atoms with Crippen LogP contribution in [0.2, 0.25) is 0 Å². The number of rotatable bonds is 5. The summed E-state index contributed by atoms with van der Waals surface area (Å²) in [6.45, 7) is 2.01. The molecule has 7 nitrogen and oxygen atoms in total. The smallest absolute Gasteiger partial charge is 0.323 e. The van der Waals surface area contributed by atoms with Gasteiger partial charge in [0, 0.05) is 38.0 Å². The number of amides is 2. The second-order valence-electron chi connectivity index (χ2n) is 5.26. The number of carbonyl (C=O) groups excluding carboxylic acids is 1. The van der Waals surface area contributed by atoms with Gasteiger partial charge in [-0.15, -0.1) is 11.3 Å². The van der Waals surface area contributed by atoms with Gasteiger partial charge in [-0.3, -0.25) is 5.32 Å². The van der Waals surface area contributed by atoms with E-state index in [1.165, 1.54) is 11.3 Å². The lowest BCUT2D eigenvalue weighted by Crippen LogP contribution is -2.40. The van der Waals surface area contributed by atoms with Gasteiger partial charge in [-0.25, -0.2) is 14.8 Å². The molecular formula is C14H19N5O2S. The molecule has 1 atom stereocenters. The molecule has 2 amide bonds. The Balaban J connectivity index is 1.60. The normalized spacial score (nSPS) is 17.9. The fraction of sp³-hybridized carbons (Fsp3) is 0.500. The van der Waals surface area contributed by atoms with E-state index < -0.39 is 0 Å². The molecule has 1 unspecified atom stereocenters. The number of carbonyl (C=O) groups is 1. The highest BCUT2D eigenvalue weighted by Crippen LogP contribution is 2.22. The lowest BCUT2D eigenvalue weighted by molar-refractivity contribution is 0.182. The van der Waals surface area contributed by atoms with Crippen molar-refractivity contribution in [2.75, 3.05) is 19.0 Å². The molecule has 118 valence electrons. The standard InChI is InChI=1S/C14H19N5O2S/c1-21-8-11-9-22-13(16-11)17-14(20)19-5-2-3-12(19)7-18-6-4-15-10-18/h4,6,9-10,12H,2-3,5,7-8H2,1H3,(H,16,17,20). The minimum absolute atomic E-state index is 0.0825. The Hall–Kier alpha value is -1.93. The molecule has 3 rings (SSSR count). The largest absolute Gasteiger partial charge is 0.378 e. The van der Waals surface area contributed by atoms with E-state index in [4.69, 9.17) is 4.74 Å². The van der Waals surface area contributed by atoms with Crippen LogP contribution in [-0.4, -0.2) is 45.2 Å². The Labute approximate surface area is 132 Å². The van der Waals surface area contributed by atoms with E-state index in [0.717, 1.165) is 31.6 Å². The van der Waals surface area contributed by atoms with Gasteiger partial charge in [0.15, 0.2) is 5.13 Å². The Morgan fingerprint density at radius 2 is 2.50 bits per heavy atom. The summed E-state index contributed by atoms with van der Waals surface area (Å²) >= 11 is 1.42. The topological polar surface area (TPSA) is 72.3 Å². The highest BCUT2D eigenvalue weighted by molar-refractivity contribution is 7.13. The van der Waals surface area contributed by atoms with Gasteiger partial charge in [0.2, 0.25) is 0 Å². The van der Waals surface area contributed by atoms with Gasteiger partial charge >= 0.3 is 6.03 Å². The van der Waals surface area contributed by atoms with Crippen molar-refractivity contribution in [3.63, 3.8) is 0 Å². The van der Waals surface area contributed by atoms with Gasteiger partial charge in [0.25, 0.3) is 0 Å². The maximum Gasteiger partial charge on any atom is 0.323 e. The van der Waals surface area contributed by atoms with Gasteiger partial charge in [-0.05, 0) is 12.8 Å². The van der Waals surface area contributed by atoms with Gasteiger partial charge in [-0.2, -0.15) is 0 Å². The SMILES string of the molecule is COCc1csc(NC(=O)N2CCCC2Cn2ccnc2)n1. The molecule has 2 aromatic heterocycles. The second kappa shape index (κ2) is 6.89. The van der Waals surface area contributed by atoms with Crippen LogP contribution in [0.4, 0.5) is 9.93 Å². The summed E-state index contributed by atoms with van der Waals surface area (Å²) in [7, 11) is 1.63. The molecule has 0 bridgehead atoms. The van der Waals surface area contributed by atoms with Crippen molar-refractivity contribution in [2.45, 2.75) is 32.0 Å². The zero-order chi connectivity index (χ0) is 15.4. The summed E-state index contributed by atoms with van der Waals surface area (Å²) in [5, 5.41) is 5.40. The summed E-state index contributed by atoms with van der Waals surface area (Å²) in [4.78, 5) is 22.7. The van der Waals surface area contributed by atoms with Crippen LogP contribution in [0.5, 0.6) is 0 Å². The first-order valence-electron chi connectivity index (χ1n) is 7.23. The van der Waals surface area contributed by atoms with Crippen LogP contribution in [0.15, 0.2) is 24.1 Å². The van der Waals surface area contributed by atoms with E-state index in [1.54, 1.807) is 19.6 Å². The Kier molecular flexibility index (Phi) is 4.69. The zero-order valence-electron chi connectivity index (χ0n) is 12.4. The number of thiazole rings is 1. The number of hydrogen-bond donors (Lipinski definition) is 1. The highest BCUT2D eigenvalue weighted by Gasteiger charge is 2.29. The number of imidazole rings is 1. The Morgan fingerprint density at radius 1 is 1.59 bits per heavy atom. The van der Waals surface area contributed by atoms with Crippen LogP contribution in [-0.2, 0) is 17.9 Å². The number of methoxy groups -OCH3 is 1. The van der Waals surface area contributed by atoms with Crippen molar-refractivity contribution in [3.05, 3.63) is 29.8 Å². The first kappa shape index (κ1) is 15.0. The van der Waals surface area contributed by atoms with E-state index in [0.29, 0.717) is 11.7 Å². The minimum atomic E-state index is -0.0825. The number of nitrogens with one attached hydrogen (secondary N) is 1. The van der Waals surface area contributed by atoms with Gasteiger partial charge in [0.1, 0.15) is 0 Å². The molecule has 0 saturated carbocycles. The Bertz CT molecular complexity index is 613. The molecule has 3 heterocycles. The van der Waals surface area contributed by atoms with E-state index in [9.17, 15) is 4.79 Å². The van der Waals surface area contributed by atoms with Crippen LogP contribution in [0, 0.1) is 0 Å². The molecule has 0 aliphatic carbocycles. The molecule has 22 heavy (non-hydrogen) atoms. The zero-order valence-corrected chi connectivity index (χ0v) is 13.3. The van der Waals surface area contributed by atoms with Crippen molar-refractivity contribution in [2.24, 2.45) is 0 Å². The molecule has 0 spiro atoms. The summed E-state index contributed by atoms with van der Waals surface area (Å²) in [5.74, 6) is 0. The van der Waals surface area contributed by atoms with Crippen molar-refractivity contribution in [3.8, 4) is 0 Å². The van der Waals surface area contributed by atoms with E-state index in [-0.39, 0.29) is 12.1 Å². The predicted molar refractivity (Wildman–Crippen MR) is 83.8 cm³/mol. The van der Waals surface area contributed by atoms with E-state index in [2.05, 4.69) is 15.3 Å². The summed E-state index contributed by atoms with van der Waals surface area (Å²) in [5.41, 5.74) is 0.833. The Morgan fingerprint density at radius 3 is 3.27 bits per heavy atom. The summed E-state index contributed by atoms with van der Waals surface area (Å²) < 4.78 is 7.04. The van der Waals surface area contributed by atoms with E-state index >= 15 is 0 Å². The van der Waals surface area contributed by atoms with Crippen LogP contribution < -0.4 is 5.32 Å². The van der Waals surface area contributed by atoms with Crippen LogP contribution >= 0.6 is 11.3 Å². The molecule has 0 radical (unpaired) electrons. The fourth-order valence-corrected chi connectivity index (χ4v) is 3.36. The molecular weight excluding hydrogens is 302 g/mol. The third kappa shape index (κ3) is 3.45. The third-order valence-electron chi connectivity index (χ3n) is 3.68. The second-order valence-corrected chi connectivity index (χ2v) is 6.11. The van der Waals surface area contributed by atoms with Gasteiger partial charge in [0.05, 0.1) is 24.7 Å². The van der Waals surface area contributed by atoms with Crippen LogP contribution in [0.1, 0.15) is 18.5 Å². The van der Waals surface area contributed by atoms with Crippen LogP contribution in [0.25, 0.3) is 0 Å². The quantitative estimate of drug-likeness (QED) is 0.916. The number of hydrogen-bond acceptors (Lipinski definition) is 5. The number of anilines is 1. The number of ether oxygens (including phenoxy) is 1. The molecule has 1 saturated heterocycles. The number of urea groups is 1. The fourth-order valence-electron chi connectivity index (χ4n) is 2.67. The number of likely N-dealkylation sites (tertiary alicyclic amines) is 1. The number of aromatic nitrogens is 3. The average molecular weight is 321 g/mol. The maximum absolute atomic E-state index is 12.4. The van der Waals surface area contributed by atoms with Crippen molar-refractivity contribution < 1.29 is 9.53 Å². The lowest BCUT2D eigenvalue weighted by atomic mass is 10.2. The molecule has 1 aliphatic heterocycles. The van der Waals surface area contributed by atoms with Crippen LogP contribution in [0.3, 0.4) is 0 Å². The van der Waals surface area contributed by atoms with E-state index in [1.807, 2.05) is 21.0 Å². The molecule has 1 N–H and O–H groups in total. The van der Waals surface area contributed by atoms with Gasteiger partial charge < -0.3 is 14.2 Å². The van der Waals surface area contributed by atoms with Crippen molar-refractivity contribution >= 4 is 22.5 Å². The average Bonchev–Trinajstić information content (AvgIpc) is 3.22. The first-order chi connectivity index (χ1) is 10.8. The molecule has 2 aromatic rings. The molecule has 1 fully saturated rings. The lowest BCUT2D eigenvalue weighted by Gasteiger charge is -2.24. The molecule has 8 heteroatoms. The summed E-state index contributed by atoms with van der Waals surface area (Å²) in [6.07, 6.45) is 7.50. The monoisotopic (exact) mass is 321 g/mol. The summed E-state index contributed by atoms with van der Waals surface area (Å²) in [6, 6.07) is 0.119. The first-order valence-corrected chi connectivity index (χ1v) is 8.11. The maximum atomic E-state index is 12.4. The predicted octanol–water partition coefficient (Wildman–Crippen LogP) is 2.18. The van der Waals surface area contributed by atoms with Crippen molar-refractivity contribution in [1.29, 1.82) is 0 Å². The van der Waals surface area contributed by atoms with Gasteiger partial charge in [-0.1, -0.05) is 0 Å².